The lowest BCUT2D eigenvalue weighted by molar-refractivity contribution is 1.28. The molecular weight excluding hydrogens is 670 g/mol. The van der Waals surface area contributed by atoms with Crippen molar-refractivity contribution in [1.29, 1.82) is 0 Å². The van der Waals surface area contributed by atoms with Gasteiger partial charge < -0.3 is 4.90 Å². The average molecular weight is 705 g/mol. The summed E-state index contributed by atoms with van der Waals surface area (Å²) in [6.07, 6.45) is 0. The van der Waals surface area contributed by atoms with Gasteiger partial charge >= 0.3 is 0 Å². The molecule has 0 saturated carbocycles. The smallest absolute Gasteiger partial charge is 0.0467 e. The molecule has 0 aromatic heterocycles. The summed E-state index contributed by atoms with van der Waals surface area (Å²) in [4.78, 5) is 2.35. The van der Waals surface area contributed by atoms with E-state index in [0.29, 0.717) is 0 Å². The lowest BCUT2D eigenvalue weighted by atomic mass is 9.89. The molecule has 0 spiro atoms. The molecule has 0 saturated heterocycles. The molecule has 1 nitrogen and oxygen atoms in total. The van der Waals surface area contributed by atoms with Gasteiger partial charge in [0, 0.05) is 21.5 Å². The Balaban J connectivity index is 1.20. The van der Waals surface area contributed by atoms with Crippen LogP contribution in [0.3, 0.4) is 0 Å². The standard InChI is InChI=1S/C48H34BrN/c49-48-25-12-11-24-47(48)46-23-10-9-22-45(46)44-21-8-7-20-43(44)38-28-32-41(33-29-38)50(40-30-26-37(27-31-40)35-14-3-1-4-15-35)42-19-13-18-39(34-42)36-16-5-2-6-17-36/h1-34H. The van der Waals surface area contributed by atoms with Gasteiger partial charge in [0.25, 0.3) is 0 Å². The minimum Gasteiger partial charge on any atom is -0.310 e. The molecule has 0 bridgehead atoms. The summed E-state index contributed by atoms with van der Waals surface area (Å²) in [5.74, 6) is 0. The molecule has 8 rings (SSSR count). The molecule has 8 aromatic rings. The number of benzene rings is 8. The average Bonchev–Trinajstić information content (AvgIpc) is 3.20. The third-order valence-electron chi connectivity index (χ3n) is 9.19. The van der Waals surface area contributed by atoms with Crippen LogP contribution in [0.15, 0.2) is 211 Å². The molecule has 0 aliphatic heterocycles. The minimum atomic E-state index is 1.09. The fraction of sp³-hybridized carbons (Fsp3) is 0. The van der Waals surface area contributed by atoms with Crippen LogP contribution in [0.5, 0.6) is 0 Å². The van der Waals surface area contributed by atoms with Gasteiger partial charge in [0.1, 0.15) is 0 Å². The van der Waals surface area contributed by atoms with Crippen molar-refractivity contribution >= 4 is 33.0 Å². The second-order valence-electron chi connectivity index (χ2n) is 12.3. The van der Waals surface area contributed by atoms with E-state index in [0.717, 1.165) is 21.5 Å². The highest BCUT2D eigenvalue weighted by molar-refractivity contribution is 9.10. The summed E-state index contributed by atoms with van der Waals surface area (Å²) in [6.45, 7) is 0. The highest BCUT2D eigenvalue weighted by Crippen LogP contribution is 2.42. The molecule has 238 valence electrons. The number of nitrogens with zero attached hydrogens (tertiary/aromatic N) is 1. The van der Waals surface area contributed by atoms with Crippen molar-refractivity contribution in [1.82, 2.24) is 0 Å². The van der Waals surface area contributed by atoms with E-state index in [1.54, 1.807) is 0 Å². The summed E-state index contributed by atoms with van der Waals surface area (Å²) in [5, 5.41) is 0. The topological polar surface area (TPSA) is 3.24 Å². The molecule has 2 heteroatoms. The summed E-state index contributed by atoms with van der Waals surface area (Å²) in [5.41, 5.74) is 15.2. The molecule has 0 radical (unpaired) electrons. The Morgan fingerprint density at radius 1 is 0.260 bits per heavy atom. The van der Waals surface area contributed by atoms with Crippen molar-refractivity contribution in [2.75, 3.05) is 4.90 Å². The lowest BCUT2D eigenvalue weighted by Gasteiger charge is -2.26. The van der Waals surface area contributed by atoms with E-state index in [-0.39, 0.29) is 0 Å². The second-order valence-corrected chi connectivity index (χ2v) is 13.1. The van der Waals surface area contributed by atoms with Crippen molar-refractivity contribution in [2.24, 2.45) is 0 Å². The van der Waals surface area contributed by atoms with E-state index in [1.165, 1.54) is 55.6 Å². The van der Waals surface area contributed by atoms with Crippen LogP contribution in [0, 0.1) is 0 Å². The molecule has 0 aliphatic carbocycles. The van der Waals surface area contributed by atoms with Gasteiger partial charge in [0.05, 0.1) is 0 Å². The quantitative estimate of drug-likeness (QED) is 0.152. The largest absolute Gasteiger partial charge is 0.310 e. The van der Waals surface area contributed by atoms with Crippen molar-refractivity contribution in [3.05, 3.63) is 211 Å². The van der Waals surface area contributed by atoms with E-state index in [2.05, 4.69) is 227 Å². The Hall–Kier alpha value is -5.96. The molecule has 0 fully saturated rings. The fourth-order valence-electron chi connectivity index (χ4n) is 6.73. The number of hydrogen-bond donors (Lipinski definition) is 0. The molecule has 50 heavy (non-hydrogen) atoms. The van der Waals surface area contributed by atoms with Gasteiger partial charge in [-0.15, -0.1) is 0 Å². The normalized spacial score (nSPS) is 10.9. The zero-order chi connectivity index (χ0) is 33.7. The molecule has 0 aliphatic rings. The molecule has 0 unspecified atom stereocenters. The van der Waals surface area contributed by atoms with E-state index in [9.17, 15) is 0 Å². The van der Waals surface area contributed by atoms with Gasteiger partial charge in [0.15, 0.2) is 0 Å². The maximum Gasteiger partial charge on any atom is 0.0467 e. The first-order chi connectivity index (χ1) is 24.7. The number of hydrogen-bond acceptors (Lipinski definition) is 1. The molecule has 8 aromatic carbocycles. The van der Waals surface area contributed by atoms with Gasteiger partial charge in [-0.3, -0.25) is 0 Å². The lowest BCUT2D eigenvalue weighted by Crippen LogP contribution is -2.10. The summed E-state index contributed by atoms with van der Waals surface area (Å²) >= 11 is 3.79. The first-order valence-electron chi connectivity index (χ1n) is 16.9. The van der Waals surface area contributed by atoms with Crippen molar-refractivity contribution < 1.29 is 0 Å². The number of rotatable bonds is 8. The molecular formula is C48H34BrN. The Labute approximate surface area is 302 Å². The van der Waals surface area contributed by atoms with E-state index >= 15 is 0 Å². The molecule has 0 amide bonds. The van der Waals surface area contributed by atoms with Crippen molar-refractivity contribution in [3.8, 4) is 55.6 Å². The van der Waals surface area contributed by atoms with Crippen molar-refractivity contribution in [2.45, 2.75) is 0 Å². The molecule has 0 heterocycles. The van der Waals surface area contributed by atoms with E-state index in [4.69, 9.17) is 0 Å². The summed E-state index contributed by atoms with van der Waals surface area (Å²) in [7, 11) is 0. The van der Waals surface area contributed by atoms with Crippen LogP contribution in [0.2, 0.25) is 0 Å². The van der Waals surface area contributed by atoms with Crippen LogP contribution in [-0.2, 0) is 0 Å². The summed E-state index contributed by atoms with van der Waals surface area (Å²) in [6, 6.07) is 73.6. The predicted molar refractivity (Wildman–Crippen MR) is 216 cm³/mol. The monoisotopic (exact) mass is 703 g/mol. The van der Waals surface area contributed by atoms with Crippen LogP contribution >= 0.6 is 15.9 Å². The highest BCUT2D eigenvalue weighted by atomic mass is 79.9. The third kappa shape index (κ3) is 6.42. The first kappa shape index (κ1) is 31.3. The highest BCUT2D eigenvalue weighted by Gasteiger charge is 2.17. The van der Waals surface area contributed by atoms with Crippen LogP contribution in [0.1, 0.15) is 0 Å². The minimum absolute atomic E-state index is 1.09. The zero-order valence-corrected chi connectivity index (χ0v) is 29.0. The van der Waals surface area contributed by atoms with Crippen molar-refractivity contribution in [3.63, 3.8) is 0 Å². The molecule has 0 N–H and O–H groups in total. The summed E-state index contributed by atoms with van der Waals surface area (Å²) < 4.78 is 1.09. The first-order valence-corrected chi connectivity index (χ1v) is 17.7. The maximum absolute atomic E-state index is 3.79. The van der Waals surface area contributed by atoms with Gasteiger partial charge in [-0.1, -0.05) is 180 Å². The zero-order valence-electron chi connectivity index (χ0n) is 27.5. The van der Waals surface area contributed by atoms with Gasteiger partial charge in [-0.05, 0) is 98.1 Å². The van der Waals surface area contributed by atoms with Crippen LogP contribution in [-0.4, -0.2) is 0 Å². The van der Waals surface area contributed by atoms with E-state index in [1.807, 2.05) is 0 Å². The van der Waals surface area contributed by atoms with Crippen LogP contribution in [0.4, 0.5) is 17.1 Å². The van der Waals surface area contributed by atoms with Gasteiger partial charge in [-0.25, -0.2) is 0 Å². The maximum atomic E-state index is 3.79. The van der Waals surface area contributed by atoms with E-state index < -0.39 is 0 Å². The third-order valence-corrected chi connectivity index (χ3v) is 9.88. The Morgan fingerprint density at radius 2 is 0.660 bits per heavy atom. The van der Waals surface area contributed by atoms with Crippen LogP contribution in [0.25, 0.3) is 55.6 Å². The van der Waals surface area contributed by atoms with Crippen LogP contribution < -0.4 is 4.90 Å². The Bertz CT molecular complexity index is 2360. The number of anilines is 3. The van der Waals surface area contributed by atoms with Gasteiger partial charge in [0.2, 0.25) is 0 Å². The Morgan fingerprint density at radius 3 is 1.24 bits per heavy atom. The number of halogens is 1. The fourth-order valence-corrected chi connectivity index (χ4v) is 7.23. The predicted octanol–water partition coefficient (Wildman–Crippen LogP) is 14.3. The SMILES string of the molecule is Brc1ccccc1-c1ccccc1-c1ccccc1-c1ccc(N(c2ccc(-c3ccccc3)cc2)c2cccc(-c3ccccc3)c2)cc1. The molecule has 0 atom stereocenters. The second kappa shape index (κ2) is 14.3. The van der Waals surface area contributed by atoms with Gasteiger partial charge in [-0.2, -0.15) is 0 Å². The Kier molecular flexibility index (Phi) is 8.93.